The zero-order valence-electron chi connectivity index (χ0n) is 34.3. The second-order valence-electron chi connectivity index (χ2n) is 15.7. The van der Waals surface area contributed by atoms with E-state index >= 15 is 0 Å². The van der Waals surface area contributed by atoms with Crippen molar-refractivity contribution in [2.75, 3.05) is 47.5 Å². The van der Waals surface area contributed by atoms with Crippen LogP contribution in [0.3, 0.4) is 0 Å². The summed E-state index contributed by atoms with van der Waals surface area (Å²) in [4.78, 5) is 47.7. The van der Waals surface area contributed by atoms with Crippen LogP contribution in [0.1, 0.15) is 142 Å². The quantitative estimate of drug-likeness (QED) is 0.0213. The minimum absolute atomic E-state index is 0.000456. The lowest BCUT2D eigenvalue weighted by molar-refractivity contribution is -0.870. The van der Waals surface area contributed by atoms with Gasteiger partial charge < -0.3 is 24.0 Å². The molecule has 0 amide bonds. The van der Waals surface area contributed by atoms with Gasteiger partial charge in [-0.2, -0.15) is 0 Å². The van der Waals surface area contributed by atoms with Gasteiger partial charge in [0.05, 0.1) is 33.9 Å². The predicted molar refractivity (Wildman–Crippen MR) is 215 cm³/mol. The van der Waals surface area contributed by atoms with Crippen LogP contribution in [0.2, 0.25) is 0 Å². The third-order valence-corrected chi connectivity index (χ3v) is 10.4. The van der Waals surface area contributed by atoms with Crippen LogP contribution in [0.5, 0.6) is 0 Å². The van der Waals surface area contributed by atoms with Gasteiger partial charge in [0.25, 0.3) is 0 Å². The number of aliphatic hydroxyl groups excluding tert-OH is 1. The Labute approximate surface area is 327 Å². The number of quaternary nitrogens is 1. The molecule has 1 rings (SSSR count). The number of phosphoric ester groups is 1. The molecule has 0 fully saturated rings. The standard InChI is InChI=1S/C42H74NO10P/c1-6-8-10-11-12-13-14-15-16-17-23-27-42(47)53-38(35-52-54(48,49)51-33-32-43(3,4)5)34-50-41(46)26-22-19-18-21-24-36-28-31-40(45)39(36)30-29-37(44)25-20-9-7-2/h18,21,28-31,36-39,44H,6-17,19-20,22-27,32-35H2,1-5H3/p+1/b21-18-,30-29+/t36-,37-,38+,39+/m0/s1. The maximum atomic E-state index is 12.7. The van der Waals surface area contributed by atoms with Crippen molar-refractivity contribution < 1.29 is 52.0 Å². The summed E-state index contributed by atoms with van der Waals surface area (Å²) in [6, 6.07) is 0. The van der Waals surface area contributed by atoms with Crippen molar-refractivity contribution in [3.63, 3.8) is 0 Å². The highest BCUT2D eigenvalue weighted by Gasteiger charge is 2.28. The highest BCUT2D eigenvalue weighted by atomic mass is 31.2. The Hall–Kier alpha value is -2.14. The van der Waals surface area contributed by atoms with Crippen LogP contribution in [0.15, 0.2) is 36.5 Å². The average molecular weight is 785 g/mol. The molecule has 0 saturated carbocycles. The van der Waals surface area contributed by atoms with Crippen LogP contribution in [-0.2, 0) is 37.5 Å². The molecule has 1 unspecified atom stereocenters. The summed E-state index contributed by atoms with van der Waals surface area (Å²) < 4.78 is 34.2. The monoisotopic (exact) mass is 785 g/mol. The topological polar surface area (TPSA) is 146 Å². The number of unbranched alkanes of at least 4 members (excludes halogenated alkanes) is 13. The van der Waals surface area contributed by atoms with Gasteiger partial charge in [-0.05, 0) is 44.1 Å². The number of ether oxygens (including phenoxy) is 2. The zero-order valence-corrected chi connectivity index (χ0v) is 35.2. The second kappa shape index (κ2) is 30.1. The fourth-order valence-electron chi connectivity index (χ4n) is 6.00. The lowest BCUT2D eigenvalue weighted by Gasteiger charge is -2.24. The number of esters is 2. The third kappa shape index (κ3) is 27.4. The molecular weight excluding hydrogens is 709 g/mol. The van der Waals surface area contributed by atoms with Crippen molar-refractivity contribution in [1.29, 1.82) is 0 Å². The lowest BCUT2D eigenvalue weighted by Crippen LogP contribution is -2.37. The Morgan fingerprint density at radius 2 is 1.44 bits per heavy atom. The number of carbonyl (C=O) groups is 3. The van der Waals surface area contributed by atoms with E-state index in [1.165, 1.54) is 44.9 Å². The molecule has 12 heteroatoms. The summed E-state index contributed by atoms with van der Waals surface area (Å²) in [5.41, 5.74) is 0. The van der Waals surface area contributed by atoms with Gasteiger partial charge in [0.2, 0.25) is 0 Å². The number of carbonyl (C=O) groups excluding carboxylic acids is 3. The number of allylic oxidation sites excluding steroid dienone is 5. The molecule has 0 aromatic heterocycles. The Balaban J connectivity index is 2.50. The molecular formula is C42H75NO10P+. The molecule has 0 radical (unpaired) electrons. The van der Waals surface area contributed by atoms with Crippen LogP contribution in [0.4, 0.5) is 0 Å². The number of hydrogen-bond acceptors (Lipinski definition) is 9. The van der Waals surface area contributed by atoms with Crippen LogP contribution >= 0.6 is 7.82 Å². The predicted octanol–water partition coefficient (Wildman–Crippen LogP) is 8.97. The molecule has 1 aliphatic carbocycles. The summed E-state index contributed by atoms with van der Waals surface area (Å²) in [5.74, 6) is -1.14. The fourth-order valence-corrected chi connectivity index (χ4v) is 6.74. The van der Waals surface area contributed by atoms with E-state index < -0.39 is 38.6 Å². The van der Waals surface area contributed by atoms with Gasteiger partial charge in [0.1, 0.15) is 19.8 Å². The number of aliphatic hydroxyl groups is 1. The molecule has 0 bridgehead atoms. The molecule has 54 heavy (non-hydrogen) atoms. The second-order valence-corrected chi connectivity index (χ2v) is 17.1. The fraction of sp³-hybridized carbons (Fsp3) is 0.786. The van der Waals surface area contributed by atoms with E-state index in [0.29, 0.717) is 43.1 Å². The molecule has 0 aromatic carbocycles. The number of phosphoric acid groups is 1. The van der Waals surface area contributed by atoms with Crippen LogP contribution in [0.25, 0.3) is 0 Å². The summed E-state index contributed by atoms with van der Waals surface area (Å²) >= 11 is 0. The van der Waals surface area contributed by atoms with Crippen LogP contribution in [0, 0.1) is 11.8 Å². The van der Waals surface area contributed by atoms with Crippen LogP contribution < -0.4 is 0 Å². The van der Waals surface area contributed by atoms with Crippen molar-refractivity contribution in [3.05, 3.63) is 36.5 Å². The lowest BCUT2D eigenvalue weighted by atomic mass is 9.90. The Morgan fingerprint density at radius 1 is 0.833 bits per heavy atom. The molecule has 0 spiro atoms. The highest BCUT2D eigenvalue weighted by molar-refractivity contribution is 7.47. The van der Waals surface area contributed by atoms with E-state index in [1.54, 1.807) is 12.2 Å². The van der Waals surface area contributed by atoms with Gasteiger partial charge in [0.15, 0.2) is 11.9 Å². The first-order valence-corrected chi connectivity index (χ1v) is 22.3. The molecule has 11 nitrogen and oxygen atoms in total. The largest absolute Gasteiger partial charge is 0.472 e. The Kier molecular flexibility index (Phi) is 27.8. The summed E-state index contributed by atoms with van der Waals surface area (Å²) in [6.07, 6.45) is 28.2. The number of ketones is 1. The zero-order chi connectivity index (χ0) is 40.1. The van der Waals surface area contributed by atoms with Crippen molar-refractivity contribution in [3.8, 4) is 0 Å². The molecule has 0 heterocycles. The van der Waals surface area contributed by atoms with Crippen molar-refractivity contribution in [2.24, 2.45) is 11.8 Å². The van der Waals surface area contributed by atoms with Gasteiger partial charge in [0, 0.05) is 18.8 Å². The molecule has 0 aromatic rings. The molecule has 5 atom stereocenters. The summed E-state index contributed by atoms with van der Waals surface area (Å²) in [7, 11) is 1.37. The summed E-state index contributed by atoms with van der Waals surface area (Å²) in [6.45, 7) is 4.07. The minimum atomic E-state index is -4.42. The Morgan fingerprint density at radius 3 is 2.09 bits per heavy atom. The number of rotatable bonds is 34. The number of likely N-dealkylation sites (N-methyl/N-ethyl adjacent to an activating group) is 1. The number of hydrogen-bond donors (Lipinski definition) is 2. The minimum Gasteiger partial charge on any atom is -0.462 e. The van der Waals surface area contributed by atoms with E-state index in [-0.39, 0.29) is 43.7 Å². The SMILES string of the molecule is CCCCCCCCCCCCCC(=O)O[C@H](COC(=O)CCC/C=C\C[C@H]1C=CC(=O)[C@@H]1/C=C/[C@@H](O)CCCCC)COP(=O)(O)OCC[N+](C)(C)C. The molecule has 0 aliphatic heterocycles. The van der Waals surface area contributed by atoms with Crippen molar-refractivity contribution in [2.45, 2.75) is 154 Å². The van der Waals surface area contributed by atoms with E-state index in [9.17, 15) is 28.9 Å². The summed E-state index contributed by atoms with van der Waals surface area (Å²) in [5, 5.41) is 10.2. The van der Waals surface area contributed by atoms with E-state index in [2.05, 4.69) is 13.8 Å². The number of nitrogens with zero attached hydrogens (tertiary/aromatic N) is 1. The Bertz CT molecular complexity index is 1160. The maximum Gasteiger partial charge on any atom is 0.472 e. The van der Waals surface area contributed by atoms with Gasteiger partial charge in [-0.25, -0.2) is 4.57 Å². The van der Waals surface area contributed by atoms with Gasteiger partial charge >= 0.3 is 19.8 Å². The molecule has 312 valence electrons. The van der Waals surface area contributed by atoms with E-state index in [0.717, 1.165) is 38.5 Å². The van der Waals surface area contributed by atoms with Crippen LogP contribution in [-0.4, -0.2) is 91.9 Å². The van der Waals surface area contributed by atoms with Gasteiger partial charge in [-0.15, -0.1) is 0 Å². The maximum absolute atomic E-state index is 12.7. The van der Waals surface area contributed by atoms with Gasteiger partial charge in [-0.1, -0.05) is 128 Å². The smallest absolute Gasteiger partial charge is 0.462 e. The van der Waals surface area contributed by atoms with E-state index in [4.69, 9.17) is 18.5 Å². The van der Waals surface area contributed by atoms with Crippen molar-refractivity contribution in [1.82, 2.24) is 0 Å². The molecule has 2 N–H and O–H groups in total. The van der Waals surface area contributed by atoms with Gasteiger partial charge in [-0.3, -0.25) is 23.4 Å². The molecule has 1 aliphatic rings. The normalized spacial score (nSPS) is 18.4. The first kappa shape index (κ1) is 49.9. The van der Waals surface area contributed by atoms with Crippen molar-refractivity contribution >= 4 is 25.5 Å². The van der Waals surface area contributed by atoms with E-state index in [1.807, 2.05) is 45.4 Å². The first-order valence-electron chi connectivity index (χ1n) is 20.8. The first-order chi connectivity index (χ1) is 25.8. The highest BCUT2D eigenvalue weighted by Crippen LogP contribution is 2.43. The third-order valence-electron chi connectivity index (χ3n) is 9.42. The average Bonchev–Trinajstić information content (AvgIpc) is 3.46. The molecule has 0 saturated heterocycles.